The van der Waals surface area contributed by atoms with Crippen molar-refractivity contribution >= 4 is 5.95 Å². The van der Waals surface area contributed by atoms with E-state index in [1.165, 1.54) is 38.5 Å². The Bertz CT molecular complexity index is 482. The monoisotopic (exact) mass is 291 g/mol. The minimum atomic E-state index is 0.326. The van der Waals surface area contributed by atoms with Gasteiger partial charge in [-0.15, -0.1) is 0 Å². The molecule has 1 aromatic heterocycles. The SMILES string of the molecule is CCCC[C@@H]1CN(c2noc(C3CC3)n2)C[C@H](C2CC2)O1. The van der Waals surface area contributed by atoms with Crippen LogP contribution in [0.3, 0.4) is 0 Å². The van der Waals surface area contributed by atoms with Gasteiger partial charge in [0, 0.05) is 19.0 Å². The maximum atomic E-state index is 6.30. The second-order valence-corrected chi connectivity index (χ2v) is 6.89. The van der Waals surface area contributed by atoms with Crippen LogP contribution in [0, 0.1) is 5.92 Å². The molecule has 0 spiro atoms. The maximum Gasteiger partial charge on any atom is 0.266 e. The van der Waals surface area contributed by atoms with Gasteiger partial charge in [-0.3, -0.25) is 0 Å². The summed E-state index contributed by atoms with van der Waals surface area (Å²) in [4.78, 5) is 6.91. The average Bonchev–Trinajstić information content (AvgIpc) is 3.43. The second-order valence-electron chi connectivity index (χ2n) is 6.89. The molecule has 2 heterocycles. The maximum absolute atomic E-state index is 6.30. The normalized spacial score (nSPS) is 29.9. The highest BCUT2D eigenvalue weighted by Gasteiger charge is 2.39. The quantitative estimate of drug-likeness (QED) is 0.806. The molecular weight excluding hydrogens is 266 g/mol. The fraction of sp³-hybridized carbons (Fsp3) is 0.875. The highest BCUT2D eigenvalue weighted by Crippen LogP contribution is 2.40. The third-order valence-electron chi connectivity index (χ3n) is 4.86. The zero-order valence-corrected chi connectivity index (χ0v) is 12.8. The first-order chi connectivity index (χ1) is 10.3. The van der Waals surface area contributed by atoms with Crippen LogP contribution in [0.2, 0.25) is 0 Å². The number of hydrogen-bond acceptors (Lipinski definition) is 5. The van der Waals surface area contributed by atoms with Crippen LogP contribution in [0.5, 0.6) is 0 Å². The van der Waals surface area contributed by atoms with Crippen LogP contribution in [0.25, 0.3) is 0 Å². The summed E-state index contributed by atoms with van der Waals surface area (Å²) < 4.78 is 11.7. The van der Waals surface area contributed by atoms with Crippen LogP contribution < -0.4 is 4.90 Å². The summed E-state index contributed by atoms with van der Waals surface area (Å²) in [6, 6.07) is 0. The summed E-state index contributed by atoms with van der Waals surface area (Å²) in [5.74, 6) is 2.91. The molecule has 4 rings (SSSR count). The van der Waals surface area contributed by atoms with E-state index in [4.69, 9.17) is 9.26 Å². The van der Waals surface area contributed by atoms with Gasteiger partial charge in [0.2, 0.25) is 5.89 Å². The summed E-state index contributed by atoms with van der Waals surface area (Å²) >= 11 is 0. The molecular formula is C16H25N3O2. The van der Waals surface area contributed by atoms with Crippen LogP contribution in [0.15, 0.2) is 4.52 Å². The predicted molar refractivity (Wildman–Crippen MR) is 79.4 cm³/mol. The fourth-order valence-corrected chi connectivity index (χ4v) is 3.20. The highest BCUT2D eigenvalue weighted by molar-refractivity contribution is 5.30. The molecule has 1 saturated heterocycles. The molecule has 0 bridgehead atoms. The Labute approximate surface area is 126 Å². The molecule has 5 nitrogen and oxygen atoms in total. The van der Waals surface area contributed by atoms with Crippen molar-refractivity contribution in [3.05, 3.63) is 5.89 Å². The van der Waals surface area contributed by atoms with Crippen molar-refractivity contribution in [2.75, 3.05) is 18.0 Å². The van der Waals surface area contributed by atoms with Crippen LogP contribution in [-0.4, -0.2) is 35.4 Å². The lowest BCUT2D eigenvalue weighted by molar-refractivity contribution is -0.0414. The standard InChI is InChI=1S/C16H25N3O2/c1-2-3-4-13-9-19(10-14(20-13)11-5-6-11)16-17-15(21-18-16)12-7-8-12/h11-14H,2-10H2,1H3/t13-,14-/m1/s1. The Morgan fingerprint density at radius 1 is 1.19 bits per heavy atom. The molecule has 3 fully saturated rings. The predicted octanol–water partition coefficient (Wildman–Crippen LogP) is 3.12. The molecule has 2 atom stereocenters. The van der Waals surface area contributed by atoms with Gasteiger partial charge in [-0.1, -0.05) is 19.8 Å². The molecule has 2 aliphatic carbocycles. The van der Waals surface area contributed by atoms with Gasteiger partial charge < -0.3 is 14.2 Å². The summed E-state index contributed by atoms with van der Waals surface area (Å²) in [6.07, 6.45) is 9.33. The number of morpholine rings is 1. The van der Waals surface area contributed by atoms with Crippen molar-refractivity contribution in [1.82, 2.24) is 10.1 Å². The van der Waals surface area contributed by atoms with Gasteiger partial charge in [0.05, 0.1) is 12.2 Å². The van der Waals surface area contributed by atoms with Gasteiger partial charge in [-0.25, -0.2) is 0 Å². The van der Waals surface area contributed by atoms with Gasteiger partial charge in [-0.05, 0) is 43.2 Å². The molecule has 116 valence electrons. The van der Waals surface area contributed by atoms with Crippen molar-refractivity contribution in [2.24, 2.45) is 5.92 Å². The fourth-order valence-electron chi connectivity index (χ4n) is 3.20. The van der Waals surface area contributed by atoms with Crippen LogP contribution in [-0.2, 0) is 4.74 Å². The molecule has 0 aromatic carbocycles. The van der Waals surface area contributed by atoms with Gasteiger partial charge in [0.1, 0.15) is 0 Å². The minimum Gasteiger partial charge on any atom is -0.371 e. The lowest BCUT2D eigenvalue weighted by Gasteiger charge is -2.37. The second kappa shape index (κ2) is 5.59. The van der Waals surface area contributed by atoms with E-state index in [0.717, 1.165) is 37.3 Å². The number of ether oxygens (including phenoxy) is 1. The first-order valence-corrected chi connectivity index (χ1v) is 8.57. The van der Waals surface area contributed by atoms with Crippen molar-refractivity contribution in [3.8, 4) is 0 Å². The van der Waals surface area contributed by atoms with E-state index in [0.29, 0.717) is 18.1 Å². The molecule has 5 heteroatoms. The molecule has 1 aliphatic heterocycles. The zero-order valence-electron chi connectivity index (χ0n) is 12.8. The molecule has 2 saturated carbocycles. The van der Waals surface area contributed by atoms with Crippen LogP contribution >= 0.6 is 0 Å². The summed E-state index contributed by atoms with van der Waals surface area (Å²) in [5, 5.41) is 4.21. The van der Waals surface area contributed by atoms with E-state index < -0.39 is 0 Å². The number of hydrogen-bond donors (Lipinski definition) is 0. The minimum absolute atomic E-state index is 0.326. The number of rotatable bonds is 6. The smallest absolute Gasteiger partial charge is 0.266 e. The Kier molecular flexibility index (Phi) is 3.61. The molecule has 1 aromatic rings. The number of nitrogens with zero attached hydrogens (tertiary/aromatic N) is 3. The van der Waals surface area contributed by atoms with Crippen LogP contribution in [0.4, 0.5) is 5.95 Å². The first-order valence-electron chi connectivity index (χ1n) is 8.57. The number of unbranched alkanes of at least 4 members (excludes halogenated alkanes) is 1. The van der Waals surface area contributed by atoms with E-state index >= 15 is 0 Å². The largest absolute Gasteiger partial charge is 0.371 e. The van der Waals surface area contributed by atoms with Crippen molar-refractivity contribution in [1.29, 1.82) is 0 Å². The van der Waals surface area contributed by atoms with Gasteiger partial charge >= 0.3 is 0 Å². The molecule has 0 unspecified atom stereocenters. The average molecular weight is 291 g/mol. The Morgan fingerprint density at radius 3 is 2.76 bits per heavy atom. The van der Waals surface area contributed by atoms with E-state index in [-0.39, 0.29) is 0 Å². The van der Waals surface area contributed by atoms with E-state index in [1.807, 2.05) is 0 Å². The summed E-state index contributed by atoms with van der Waals surface area (Å²) in [5.41, 5.74) is 0. The Morgan fingerprint density at radius 2 is 2.05 bits per heavy atom. The van der Waals surface area contributed by atoms with E-state index in [1.54, 1.807) is 0 Å². The molecule has 21 heavy (non-hydrogen) atoms. The van der Waals surface area contributed by atoms with Crippen molar-refractivity contribution < 1.29 is 9.26 Å². The molecule has 0 N–H and O–H groups in total. The van der Waals surface area contributed by atoms with Gasteiger partial charge in [0.15, 0.2) is 0 Å². The third-order valence-corrected chi connectivity index (χ3v) is 4.86. The lowest BCUT2D eigenvalue weighted by Crippen LogP contribution is -2.49. The van der Waals surface area contributed by atoms with Crippen molar-refractivity contribution in [3.63, 3.8) is 0 Å². The van der Waals surface area contributed by atoms with Gasteiger partial charge in [0.25, 0.3) is 5.95 Å². The van der Waals surface area contributed by atoms with Crippen LogP contribution in [0.1, 0.15) is 63.7 Å². The number of anilines is 1. The Balaban J connectivity index is 1.45. The number of aromatic nitrogens is 2. The van der Waals surface area contributed by atoms with Gasteiger partial charge in [-0.2, -0.15) is 4.98 Å². The van der Waals surface area contributed by atoms with E-state index in [9.17, 15) is 0 Å². The topological polar surface area (TPSA) is 51.4 Å². The molecule has 0 radical (unpaired) electrons. The first kappa shape index (κ1) is 13.6. The van der Waals surface area contributed by atoms with E-state index in [2.05, 4.69) is 22.0 Å². The third kappa shape index (κ3) is 3.07. The molecule has 3 aliphatic rings. The summed E-state index contributed by atoms with van der Waals surface area (Å²) in [7, 11) is 0. The highest BCUT2D eigenvalue weighted by atomic mass is 16.5. The Hall–Kier alpha value is -1.10. The zero-order chi connectivity index (χ0) is 14.2. The lowest BCUT2D eigenvalue weighted by atomic mass is 10.1. The summed E-state index contributed by atoms with van der Waals surface area (Å²) in [6.45, 7) is 4.07. The van der Waals surface area contributed by atoms with Crippen molar-refractivity contribution in [2.45, 2.75) is 70.0 Å². The molecule has 0 amide bonds.